The lowest BCUT2D eigenvalue weighted by atomic mass is 9.97. The highest BCUT2D eigenvalue weighted by molar-refractivity contribution is 6.42. The van der Waals surface area contributed by atoms with Crippen molar-refractivity contribution in [2.24, 2.45) is 0 Å². The van der Waals surface area contributed by atoms with Crippen LogP contribution in [0, 0.1) is 0 Å². The first-order chi connectivity index (χ1) is 15.5. The monoisotopic (exact) mass is 481 g/mol. The molecule has 1 saturated heterocycles. The van der Waals surface area contributed by atoms with Crippen molar-refractivity contribution >= 4 is 34.9 Å². The SMILES string of the molecule is O=C(Nc1ccc(Cl)c(Cl)c1)N[C@H]1CC[C@H](CCn2cc(C3CCCC3)nn2)O[C@H]1CO. The highest BCUT2D eigenvalue weighted by atomic mass is 35.5. The average Bonchev–Trinajstić information content (AvgIpc) is 3.47. The third kappa shape index (κ3) is 5.92. The lowest BCUT2D eigenvalue weighted by Crippen LogP contribution is -2.52. The van der Waals surface area contributed by atoms with Gasteiger partial charge in [-0.3, -0.25) is 4.68 Å². The molecule has 3 N–H and O–H groups in total. The molecule has 1 saturated carbocycles. The van der Waals surface area contributed by atoms with Crippen molar-refractivity contribution in [3.8, 4) is 0 Å². The molecule has 8 nitrogen and oxygen atoms in total. The molecule has 10 heteroatoms. The molecule has 0 unspecified atom stereocenters. The summed E-state index contributed by atoms with van der Waals surface area (Å²) in [5, 5.41) is 24.8. The summed E-state index contributed by atoms with van der Waals surface area (Å²) in [5.74, 6) is 0.551. The molecular weight excluding hydrogens is 453 g/mol. The van der Waals surface area contributed by atoms with Crippen molar-refractivity contribution in [3.63, 3.8) is 0 Å². The molecule has 4 rings (SSSR count). The third-order valence-electron chi connectivity index (χ3n) is 6.30. The van der Waals surface area contributed by atoms with E-state index in [2.05, 4.69) is 27.1 Å². The van der Waals surface area contributed by atoms with Crippen molar-refractivity contribution < 1.29 is 14.6 Å². The van der Waals surface area contributed by atoms with Gasteiger partial charge in [0.05, 0.1) is 34.5 Å². The maximum Gasteiger partial charge on any atom is 0.319 e. The molecule has 2 heterocycles. The minimum Gasteiger partial charge on any atom is -0.394 e. The van der Waals surface area contributed by atoms with Crippen LogP contribution in [-0.4, -0.2) is 51.0 Å². The number of carbonyl (C=O) groups is 1. The Morgan fingerprint density at radius 2 is 2.00 bits per heavy atom. The van der Waals surface area contributed by atoms with E-state index in [0.717, 1.165) is 31.5 Å². The Hall–Kier alpha value is -1.87. The molecule has 0 radical (unpaired) electrons. The summed E-state index contributed by atoms with van der Waals surface area (Å²) in [4.78, 5) is 12.4. The Bertz CT molecular complexity index is 919. The molecule has 1 aromatic heterocycles. The van der Waals surface area contributed by atoms with Gasteiger partial charge in [-0.05, 0) is 50.3 Å². The number of nitrogens with zero attached hydrogens (tertiary/aromatic N) is 3. The van der Waals surface area contributed by atoms with Gasteiger partial charge in [0.1, 0.15) is 6.10 Å². The topological polar surface area (TPSA) is 101 Å². The molecule has 1 aromatic carbocycles. The van der Waals surface area contributed by atoms with Crippen LogP contribution in [0.25, 0.3) is 0 Å². The van der Waals surface area contributed by atoms with E-state index in [1.165, 1.54) is 25.7 Å². The number of hydrogen-bond donors (Lipinski definition) is 3. The zero-order chi connectivity index (χ0) is 22.5. The van der Waals surface area contributed by atoms with Crippen molar-refractivity contribution in [3.05, 3.63) is 40.1 Å². The first-order valence-electron chi connectivity index (χ1n) is 11.2. The van der Waals surface area contributed by atoms with Crippen molar-refractivity contribution in [2.75, 3.05) is 11.9 Å². The molecule has 3 atom stereocenters. The first kappa shape index (κ1) is 23.3. The lowest BCUT2D eigenvalue weighted by molar-refractivity contribution is -0.0905. The second-order valence-corrected chi connectivity index (χ2v) is 9.38. The van der Waals surface area contributed by atoms with Gasteiger partial charge < -0.3 is 20.5 Å². The Kier molecular flexibility index (Phi) is 7.88. The van der Waals surface area contributed by atoms with Gasteiger partial charge in [0.15, 0.2) is 0 Å². The zero-order valence-electron chi connectivity index (χ0n) is 17.8. The molecule has 0 spiro atoms. The van der Waals surface area contributed by atoms with Crippen LogP contribution >= 0.6 is 23.2 Å². The second kappa shape index (κ2) is 10.8. The third-order valence-corrected chi connectivity index (χ3v) is 7.04. The van der Waals surface area contributed by atoms with E-state index in [-0.39, 0.29) is 24.8 Å². The van der Waals surface area contributed by atoms with Crippen molar-refractivity contribution in [1.29, 1.82) is 0 Å². The van der Waals surface area contributed by atoms with E-state index in [1.807, 2.05) is 4.68 Å². The Morgan fingerprint density at radius 3 is 2.75 bits per heavy atom. The Labute approximate surface area is 197 Å². The fourth-order valence-corrected chi connectivity index (χ4v) is 4.82. The first-order valence-corrected chi connectivity index (χ1v) is 12.0. The number of aromatic nitrogens is 3. The molecule has 32 heavy (non-hydrogen) atoms. The highest BCUT2D eigenvalue weighted by Crippen LogP contribution is 2.32. The van der Waals surface area contributed by atoms with E-state index >= 15 is 0 Å². The molecule has 1 aliphatic heterocycles. The van der Waals surface area contributed by atoms with Gasteiger partial charge >= 0.3 is 6.03 Å². The maximum atomic E-state index is 12.4. The van der Waals surface area contributed by atoms with E-state index in [1.54, 1.807) is 18.2 Å². The number of ether oxygens (including phenoxy) is 1. The van der Waals surface area contributed by atoms with Gasteiger partial charge in [-0.1, -0.05) is 41.3 Å². The Morgan fingerprint density at radius 1 is 1.19 bits per heavy atom. The van der Waals surface area contributed by atoms with Gasteiger partial charge in [-0.2, -0.15) is 0 Å². The minimum atomic E-state index is -0.460. The quantitative estimate of drug-likeness (QED) is 0.545. The lowest BCUT2D eigenvalue weighted by Gasteiger charge is -2.36. The van der Waals surface area contributed by atoms with Gasteiger partial charge in [-0.15, -0.1) is 5.10 Å². The van der Waals surface area contributed by atoms with Gasteiger partial charge in [-0.25, -0.2) is 4.79 Å². The molecule has 174 valence electrons. The average molecular weight is 482 g/mol. The van der Waals surface area contributed by atoms with Gasteiger partial charge in [0.2, 0.25) is 0 Å². The van der Waals surface area contributed by atoms with Crippen LogP contribution < -0.4 is 10.6 Å². The number of carbonyl (C=O) groups excluding carboxylic acids is 1. The number of benzene rings is 1. The summed E-state index contributed by atoms with van der Waals surface area (Å²) >= 11 is 11.9. The van der Waals surface area contributed by atoms with Crippen LogP contribution in [0.2, 0.25) is 10.0 Å². The molecule has 2 aliphatic rings. The maximum absolute atomic E-state index is 12.4. The van der Waals surface area contributed by atoms with E-state index in [4.69, 9.17) is 27.9 Å². The molecule has 2 fully saturated rings. The minimum absolute atomic E-state index is 0.00228. The fourth-order valence-electron chi connectivity index (χ4n) is 4.53. The molecule has 1 aliphatic carbocycles. The predicted molar refractivity (Wildman–Crippen MR) is 123 cm³/mol. The van der Waals surface area contributed by atoms with Gasteiger partial charge in [0.25, 0.3) is 0 Å². The number of aliphatic hydroxyl groups excluding tert-OH is 1. The van der Waals surface area contributed by atoms with E-state index in [0.29, 0.717) is 21.7 Å². The number of hydrogen-bond acceptors (Lipinski definition) is 5. The van der Waals surface area contributed by atoms with Crippen LogP contribution in [0.4, 0.5) is 10.5 Å². The molecule has 2 aromatic rings. The number of amides is 2. The predicted octanol–water partition coefficient (Wildman–Crippen LogP) is 4.36. The van der Waals surface area contributed by atoms with E-state index in [9.17, 15) is 9.90 Å². The summed E-state index contributed by atoms with van der Waals surface area (Å²) < 4.78 is 7.96. The van der Waals surface area contributed by atoms with E-state index < -0.39 is 6.10 Å². The standard InChI is InChI=1S/C22H29Cl2N5O3/c23-17-7-5-15(11-18(17)24)25-22(31)26-19-8-6-16(32-21(19)13-30)9-10-29-12-20(27-28-29)14-3-1-2-4-14/h5,7,11-12,14,16,19,21,30H,1-4,6,8-10,13H2,(H2,25,26,31)/t16-,19+,21+/m1/s1. The highest BCUT2D eigenvalue weighted by Gasteiger charge is 2.32. The van der Waals surface area contributed by atoms with Crippen LogP contribution in [-0.2, 0) is 11.3 Å². The van der Waals surface area contributed by atoms with Crippen molar-refractivity contribution in [1.82, 2.24) is 20.3 Å². The zero-order valence-corrected chi connectivity index (χ0v) is 19.4. The van der Waals surface area contributed by atoms with Crippen LogP contribution in [0.15, 0.2) is 24.4 Å². The number of aryl methyl sites for hydroxylation is 1. The number of urea groups is 1. The fraction of sp³-hybridized carbons (Fsp3) is 0.591. The number of halogens is 2. The summed E-state index contributed by atoms with van der Waals surface area (Å²) in [6.07, 6.45) is 8.85. The van der Waals surface area contributed by atoms with Crippen molar-refractivity contribution in [2.45, 2.75) is 75.7 Å². The molecule has 2 amide bonds. The normalized spacial score (nSPS) is 23.9. The summed E-state index contributed by atoms with van der Waals surface area (Å²) in [6.45, 7) is 0.557. The van der Waals surface area contributed by atoms with Crippen LogP contribution in [0.1, 0.15) is 56.6 Å². The van der Waals surface area contributed by atoms with Crippen LogP contribution in [0.5, 0.6) is 0 Å². The molecule has 0 bridgehead atoms. The Balaban J connectivity index is 1.24. The summed E-state index contributed by atoms with van der Waals surface area (Å²) in [7, 11) is 0. The summed E-state index contributed by atoms with van der Waals surface area (Å²) in [5.41, 5.74) is 1.63. The smallest absolute Gasteiger partial charge is 0.319 e. The summed E-state index contributed by atoms with van der Waals surface area (Å²) in [6, 6.07) is 4.22. The number of nitrogens with one attached hydrogen (secondary N) is 2. The van der Waals surface area contributed by atoms with Crippen LogP contribution in [0.3, 0.4) is 0 Å². The second-order valence-electron chi connectivity index (χ2n) is 8.57. The largest absolute Gasteiger partial charge is 0.394 e. The number of anilines is 1. The number of aliphatic hydroxyl groups is 1. The molecular formula is C22H29Cl2N5O3. The van der Waals surface area contributed by atoms with Gasteiger partial charge in [0, 0.05) is 24.3 Å². The number of rotatable bonds is 7.